The smallest absolute Gasteiger partial charge is 0.341 e. The Labute approximate surface area is 237 Å². The molecule has 4 aromatic rings. The van der Waals surface area contributed by atoms with Gasteiger partial charge in [0.25, 0.3) is 5.56 Å². The first kappa shape index (κ1) is 26.1. The van der Waals surface area contributed by atoms with E-state index in [1.165, 1.54) is 13.0 Å². The van der Waals surface area contributed by atoms with Crippen LogP contribution < -0.4 is 21.2 Å². The fourth-order valence-electron chi connectivity index (χ4n) is 4.92. The zero-order valence-electron chi connectivity index (χ0n) is 21.2. The van der Waals surface area contributed by atoms with Crippen molar-refractivity contribution in [2.75, 3.05) is 10.0 Å². The van der Waals surface area contributed by atoms with E-state index in [1.54, 1.807) is 47.9 Å². The van der Waals surface area contributed by atoms with Crippen molar-refractivity contribution in [3.05, 3.63) is 83.9 Å². The number of aromatic nitrogens is 1. The Balaban J connectivity index is 1.61. The number of benzene rings is 2. The fraction of sp³-hybridized carbons (Fsp3) is 0.286. The van der Waals surface area contributed by atoms with Gasteiger partial charge in [-0.3, -0.25) is 9.52 Å². The van der Waals surface area contributed by atoms with Crippen LogP contribution in [0.15, 0.2) is 56.5 Å². The molecular formula is C28H25FIN3O5S. The van der Waals surface area contributed by atoms with Gasteiger partial charge in [-0.2, -0.15) is 0 Å². The number of hydrogen-bond donors (Lipinski definition) is 2. The third-order valence-corrected chi connectivity index (χ3v) is 9.75. The average Bonchev–Trinajstić information content (AvgIpc) is 3.77. The summed E-state index contributed by atoms with van der Waals surface area (Å²) < 4.78 is 50.8. The molecule has 0 spiro atoms. The molecule has 0 bridgehead atoms. The Hall–Kier alpha value is -3.19. The second kappa shape index (κ2) is 9.47. The zero-order valence-corrected chi connectivity index (χ0v) is 24.2. The lowest BCUT2D eigenvalue weighted by molar-refractivity contribution is 0.553. The van der Waals surface area contributed by atoms with E-state index < -0.39 is 26.7 Å². The molecule has 8 nitrogen and oxygen atoms in total. The van der Waals surface area contributed by atoms with Crippen LogP contribution in [0.2, 0.25) is 0 Å². The van der Waals surface area contributed by atoms with Gasteiger partial charge in [-0.25, -0.2) is 17.6 Å². The van der Waals surface area contributed by atoms with Crippen LogP contribution >= 0.6 is 22.6 Å². The summed E-state index contributed by atoms with van der Waals surface area (Å²) in [6.45, 7) is 3.33. The Morgan fingerprint density at radius 3 is 2.46 bits per heavy atom. The largest absolute Gasteiger partial charge is 0.421 e. The summed E-state index contributed by atoms with van der Waals surface area (Å²) in [5.41, 5.74) is 1.62. The highest BCUT2D eigenvalue weighted by Gasteiger charge is 2.36. The highest BCUT2D eigenvalue weighted by atomic mass is 127. The first-order valence-corrected chi connectivity index (χ1v) is 15.2. The maximum absolute atomic E-state index is 14.8. The highest BCUT2D eigenvalue weighted by molar-refractivity contribution is 14.1. The summed E-state index contributed by atoms with van der Waals surface area (Å²) in [6, 6.07) is 11.5. The highest BCUT2D eigenvalue weighted by Crippen LogP contribution is 2.41. The molecule has 0 saturated heterocycles. The maximum Gasteiger partial charge on any atom is 0.341 e. The van der Waals surface area contributed by atoms with Gasteiger partial charge in [0.1, 0.15) is 11.2 Å². The molecule has 0 unspecified atom stereocenters. The summed E-state index contributed by atoms with van der Waals surface area (Å²) in [7, 11) is -3.50. The second-order valence-electron chi connectivity index (χ2n) is 10.1. The van der Waals surface area contributed by atoms with Gasteiger partial charge in [0.15, 0.2) is 5.58 Å². The van der Waals surface area contributed by atoms with Gasteiger partial charge in [0.2, 0.25) is 10.0 Å². The number of halogens is 2. The van der Waals surface area contributed by atoms with Crippen molar-refractivity contribution >= 4 is 60.6 Å². The number of pyridine rings is 1. The molecule has 2 aliphatic carbocycles. The van der Waals surface area contributed by atoms with Crippen LogP contribution in [-0.4, -0.2) is 18.2 Å². The molecule has 0 aliphatic heterocycles. The molecule has 0 radical (unpaired) electrons. The topological polar surface area (TPSA) is 110 Å². The van der Waals surface area contributed by atoms with Gasteiger partial charge in [0.05, 0.1) is 22.2 Å². The van der Waals surface area contributed by atoms with Crippen LogP contribution in [0.25, 0.3) is 22.1 Å². The van der Waals surface area contributed by atoms with E-state index in [9.17, 15) is 22.4 Å². The zero-order chi connectivity index (χ0) is 27.6. The molecule has 2 saturated carbocycles. The molecule has 0 atom stereocenters. The predicted molar refractivity (Wildman–Crippen MR) is 158 cm³/mol. The van der Waals surface area contributed by atoms with Crippen LogP contribution in [0, 0.1) is 23.2 Å². The summed E-state index contributed by atoms with van der Waals surface area (Å²) in [6.07, 6.45) is 2.92. The quantitative estimate of drug-likeness (QED) is 0.237. The van der Waals surface area contributed by atoms with E-state index in [2.05, 4.69) is 10.0 Å². The molecule has 39 heavy (non-hydrogen) atoms. The van der Waals surface area contributed by atoms with Crippen molar-refractivity contribution in [2.24, 2.45) is 0 Å². The van der Waals surface area contributed by atoms with E-state index in [1.807, 2.05) is 22.6 Å². The van der Waals surface area contributed by atoms with E-state index in [0.29, 0.717) is 38.9 Å². The number of rotatable bonds is 7. The van der Waals surface area contributed by atoms with Crippen LogP contribution in [-0.2, 0) is 10.0 Å². The van der Waals surface area contributed by atoms with Crippen molar-refractivity contribution in [3.63, 3.8) is 0 Å². The number of nitrogens with zero attached hydrogens (tertiary/aromatic N) is 1. The summed E-state index contributed by atoms with van der Waals surface area (Å²) in [5, 5.41) is 2.74. The second-order valence-corrected chi connectivity index (χ2v) is 13.3. The van der Waals surface area contributed by atoms with Crippen molar-refractivity contribution in [2.45, 2.75) is 50.8 Å². The maximum atomic E-state index is 14.8. The fourth-order valence-corrected chi connectivity index (χ4v) is 6.75. The minimum atomic E-state index is -3.50. The van der Waals surface area contributed by atoms with Crippen molar-refractivity contribution in [1.82, 2.24) is 4.57 Å². The lowest BCUT2D eigenvalue weighted by Crippen LogP contribution is -2.25. The van der Waals surface area contributed by atoms with Crippen molar-refractivity contribution in [3.8, 4) is 11.1 Å². The standard InChI is InChI=1S/C28H25FIN3O5S/c1-14-25(31-22-11-6-17(30)13-21(22)29)24-26(38-28(14)35)23(15(2)33(27(24)34)19-7-8-19)16-4-3-5-18(12-16)32-39(36,37)20-9-10-20/h3-6,11-13,19-20,31-32H,7-10H2,1-2H3. The van der Waals surface area contributed by atoms with Crippen LogP contribution in [0.3, 0.4) is 0 Å². The minimum absolute atomic E-state index is 0.00711. The molecule has 202 valence electrons. The van der Waals surface area contributed by atoms with Gasteiger partial charge in [0, 0.05) is 26.6 Å². The van der Waals surface area contributed by atoms with Gasteiger partial charge < -0.3 is 14.3 Å². The summed E-state index contributed by atoms with van der Waals surface area (Å²) >= 11 is 2.01. The van der Waals surface area contributed by atoms with Crippen LogP contribution in [0.5, 0.6) is 0 Å². The van der Waals surface area contributed by atoms with Crippen LogP contribution in [0.4, 0.5) is 21.5 Å². The molecule has 0 amide bonds. The Morgan fingerprint density at radius 1 is 1.05 bits per heavy atom. The molecule has 6 rings (SSSR count). The molecular weight excluding hydrogens is 636 g/mol. The Morgan fingerprint density at radius 2 is 1.79 bits per heavy atom. The normalized spacial score (nSPS) is 15.5. The summed E-state index contributed by atoms with van der Waals surface area (Å²) in [4.78, 5) is 27.0. The molecule has 2 heterocycles. The molecule has 2 N–H and O–H groups in total. The summed E-state index contributed by atoms with van der Waals surface area (Å²) in [5.74, 6) is -0.520. The number of sulfonamides is 1. The molecule has 2 fully saturated rings. The average molecular weight is 661 g/mol. The first-order chi connectivity index (χ1) is 18.5. The third-order valence-electron chi connectivity index (χ3n) is 7.21. The van der Waals surface area contributed by atoms with Gasteiger partial charge >= 0.3 is 5.63 Å². The molecule has 11 heteroatoms. The van der Waals surface area contributed by atoms with E-state index in [-0.39, 0.29) is 39.5 Å². The number of hydrogen-bond acceptors (Lipinski definition) is 6. The molecule has 2 aromatic heterocycles. The first-order valence-electron chi connectivity index (χ1n) is 12.6. The Bertz CT molecular complexity index is 1890. The number of fused-ring (bicyclic) bond motifs is 1. The van der Waals surface area contributed by atoms with Gasteiger partial charge in [-0.05, 0) is 98.0 Å². The van der Waals surface area contributed by atoms with E-state index in [0.717, 1.165) is 12.8 Å². The lowest BCUT2D eigenvalue weighted by atomic mass is 9.99. The third kappa shape index (κ3) is 4.75. The number of anilines is 3. The van der Waals surface area contributed by atoms with Crippen LogP contribution in [0.1, 0.15) is 43.0 Å². The predicted octanol–water partition coefficient (Wildman–Crippen LogP) is 5.96. The van der Waals surface area contributed by atoms with Gasteiger partial charge in [-0.15, -0.1) is 0 Å². The van der Waals surface area contributed by atoms with Crippen molar-refractivity contribution in [1.29, 1.82) is 0 Å². The SMILES string of the molecule is Cc1c(Nc2ccc(I)cc2F)c2c(=O)n(C3CC3)c(C)c(-c3cccc(NS(=O)(=O)C4CC4)c3)c2oc1=O. The van der Waals surface area contributed by atoms with E-state index in [4.69, 9.17) is 4.42 Å². The van der Waals surface area contributed by atoms with Crippen molar-refractivity contribution < 1.29 is 17.2 Å². The molecule has 2 aliphatic rings. The van der Waals surface area contributed by atoms with E-state index >= 15 is 0 Å². The lowest BCUT2D eigenvalue weighted by Gasteiger charge is -2.20. The molecule has 2 aromatic carbocycles. The monoisotopic (exact) mass is 661 g/mol. The number of nitrogens with one attached hydrogen (secondary N) is 2. The Kier molecular flexibility index (Phi) is 6.33. The minimum Gasteiger partial charge on any atom is -0.421 e. The van der Waals surface area contributed by atoms with Gasteiger partial charge in [-0.1, -0.05) is 12.1 Å².